The zero-order valence-electron chi connectivity index (χ0n) is 19.5. The number of carbonyl (C=O) groups is 2. The topological polar surface area (TPSA) is 85.7 Å². The highest BCUT2D eigenvalue weighted by molar-refractivity contribution is 6.42. The highest BCUT2D eigenvalue weighted by Gasteiger charge is 2.41. The molecule has 2 aliphatic heterocycles. The third kappa shape index (κ3) is 5.78. The molecule has 2 fully saturated rings. The SMILES string of the molecule is CON=C1CC(C(=O)N2CCN(CCO)CC2)N(C(=O)c2ccc(-c3ccc(Cl)c(Cl)c3)cc2)C1. The molecule has 0 bridgehead atoms. The highest BCUT2D eigenvalue weighted by Crippen LogP contribution is 2.29. The van der Waals surface area contributed by atoms with Gasteiger partial charge in [0.25, 0.3) is 5.91 Å². The fourth-order valence-electron chi connectivity index (χ4n) is 4.52. The monoisotopic (exact) mass is 518 g/mol. The molecule has 0 radical (unpaired) electrons. The molecule has 8 nitrogen and oxygen atoms in total. The molecule has 186 valence electrons. The Hall–Kier alpha value is -2.65. The predicted octanol–water partition coefficient (Wildman–Crippen LogP) is 3.01. The van der Waals surface area contributed by atoms with Gasteiger partial charge in [0.2, 0.25) is 5.91 Å². The van der Waals surface area contributed by atoms with Gasteiger partial charge < -0.3 is 19.7 Å². The number of halogens is 2. The summed E-state index contributed by atoms with van der Waals surface area (Å²) in [7, 11) is 1.45. The van der Waals surface area contributed by atoms with Gasteiger partial charge in [-0.15, -0.1) is 0 Å². The number of benzene rings is 2. The van der Waals surface area contributed by atoms with Gasteiger partial charge >= 0.3 is 0 Å². The Balaban J connectivity index is 1.50. The number of aliphatic hydroxyl groups is 1. The van der Waals surface area contributed by atoms with Crippen LogP contribution in [0.15, 0.2) is 47.6 Å². The molecule has 2 aromatic carbocycles. The molecule has 0 saturated carbocycles. The lowest BCUT2D eigenvalue weighted by atomic mass is 10.0. The molecule has 0 spiro atoms. The van der Waals surface area contributed by atoms with Crippen LogP contribution in [0.2, 0.25) is 10.0 Å². The van der Waals surface area contributed by atoms with Gasteiger partial charge in [0.05, 0.1) is 28.9 Å². The van der Waals surface area contributed by atoms with Crippen molar-refractivity contribution in [1.29, 1.82) is 0 Å². The third-order valence-corrected chi connectivity index (χ3v) is 7.15. The van der Waals surface area contributed by atoms with Gasteiger partial charge in [0.1, 0.15) is 13.2 Å². The Bertz CT molecular complexity index is 1100. The minimum Gasteiger partial charge on any atom is -0.399 e. The number of likely N-dealkylation sites (tertiary alicyclic amines) is 1. The van der Waals surface area contributed by atoms with Gasteiger partial charge in [-0.25, -0.2) is 0 Å². The third-order valence-electron chi connectivity index (χ3n) is 6.41. The summed E-state index contributed by atoms with van der Waals surface area (Å²) < 4.78 is 0. The summed E-state index contributed by atoms with van der Waals surface area (Å²) in [5.74, 6) is -0.319. The van der Waals surface area contributed by atoms with Crippen LogP contribution in [0.3, 0.4) is 0 Å². The zero-order valence-corrected chi connectivity index (χ0v) is 21.0. The second-order valence-electron chi connectivity index (χ2n) is 8.59. The van der Waals surface area contributed by atoms with Crippen molar-refractivity contribution in [2.75, 3.05) is 53.0 Å². The quantitative estimate of drug-likeness (QED) is 0.594. The fraction of sp³-hybridized carbons (Fsp3) is 0.400. The van der Waals surface area contributed by atoms with Crippen LogP contribution in [-0.2, 0) is 9.63 Å². The minimum atomic E-state index is -0.629. The van der Waals surface area contributed by atoms with Crippen molar-refractivity contribution >= 4 is 40.7 Å². The number of rotatable bonds is 6. The normalized spacial score (nSPS) is 19.9. The molecular weight excluding hydrogens is 491 g/mol. The van der Waals surface area contributed by atoms with Gasteiger partial charge in [0.15, 0.2) is 0 Å². The summed E-state index contributed by atoms with van der Waals surface area (Å²) in [5.41, 5.74) is 2.93. The van der Waals surface area contributed by atoms with E-state index in [1.807, 2.05) is 18.2 Å². The van der Waals surface area contributed by atoms with Crippen molar-refractivity contribution in [2.45, 2.75) is 12.5 Å². The number of β-amino-alcohol motifs (C(OH)–C–C–N with tert-alkyl or cyclic N) is 1. The van der Waals surface area contributed by atoms with Crippen LogP contribution >= 0.6 is 23.2 Å². The molecule has 2 saturated heterocycles. The van der Waals surface area contributed by atoms with E-state index < -0.39 is 6.04 Å². The van der Waals surface area contributed by atoms with Gasteiger partial charge in [-0.05, 0) is 35.4 Å². The van der Waals surface area contributed by atoms with E-state index in [1.165, 1.54) is 7.11 Å². The van der Waals surface area contributed by atoms with Crippen molar-refractivity contribution in [3.63, 3.8) is 0 Å². The summed E-state index contributed by atoms with van der Waals surface area (Å²) >= 11 is 12.2. The van der Waals surface area contributed by atoms with Crippen molar-refractivity contribution < 1.29 is 19.5 Å². The number of piperazine rings is 1. The average molecular weight is 519 g/mol. The van der Waals surface area contributed by atoms with E-state index in [0.29, 0.717) is 60.5 Å². The summed E-state index contributed by atoms with van der Waals surface area (Å²) in [4.78, 5) is 37.3. The maximum absolute atomic E-state index is 13.5. The largest absolute Gasteiger partial charge is 0.399 e. The maximum atomic E-state index is 13.5. The first-order chi connectivity index (χ1) is 16.9. The van der Waals surface area contributed by atoms with E-state index in [0.717, 1.165) is 11.1 Å². The molecule has 10 heteroatoms. The Kier molecular flexibility index (Phi) is 8.28. The van der Waals surface area contributed by atoms with Crippen molar-refractivity contribution in [3.05, 3.63) is 58.1 Å². The van der Waals surface area contributed by atoms with Crippen molar-refractivity contribution in [3.8, 4) is 11.1 Å². The molecule has 1 unspecified atom stereocenters. The number of aliphatic hydroxyl groups excluding tert-OH is 1. The fourth-order valence-corrected chi connectivity index (χ4v) is 4.82. The first-order valence-electron chi connectivity index (χ1n) is 11.5. The molecule has 35 heavy (non-hydrogen) atoms. The Morgan fingerprint density at radius 3 is 2.34 bits per heavy atom. The number of hydrogen-bond donors (Lipinski definition) is 1. The van der Waals surface area contributed by atoms with Crippen LogP contribution in [0.4, 0.5) is 0 Å². The molecule has 1 atom stereocenters. The number of nitrogens with zero attached hydrogens (tertiary/aromatic N) is 4. The first-order valence-corrected chi connectivity index (χ1v) is 12.2. The Labute approximate surface area is 214 Å². The Morgan fingerprint density at radius 2 is 1.71 bits per heavy atom. The Morgan fingerprint density at radius 1 is 1.03 bits per heavy atom. The molecule has 1 N–H and O–H groups in total. The smallest absolute Gasteiger partial charge is 0.254 e. The number of amides is 2. The molecule has 2 aromatic rings. The van der Waals surface area contributed by atoms with Gasteiger partial charge in [-0.1, -0.05) is 46.6 Å². The van der Waals surface area contributed by atoms with E-state index in [1.54, 1.807) is 34.1 Å². The maximum Gasteiger partial charge on any atom is 0.254 e. The lowest BCUT2D eigenvalue weighted by molar-refractivity contribution is -0.137. The van der Waals surface area contributed by atoms with E-state index in [9.17, 15) is 9.59 Å². The van der Waals surface area contributed by atoms with Gasteiger partial charge in [-0.2, -0.15) is 0 Å². The van der Waals surface area contributed by atoms with Crippen LogP contribution in [0, 0.1) is 0 Å². The van der Waals surface area contributed by atoms with Crippen LogP contribution in [0.1, 0.15) is 16.8 Å². The number of hydrogen-bond acceptors (Lipinski definition) is 6. The van der Waals surface area contributed by atoms with Gasteiger partial charge in [0, 0.05) is 44.7 Å². The van der Waals surface area contributed by atoms with Crippen LogP contribution in [0.25, 0.3) is 11.1 Å². The number of oxime groups is 1. The molecule has 2 aliphatic rings. The van der Waals surface area contributed by atoms with E-state index in [-0.39, 0.29) is 25.0 Å². The molecular formula is C25H28Cl2N4O4. The average Bonchev–Trinajstić information content (AvgIpc) is 3.30. The van der Waals surface area contributed by atoms with E-state index in [2.05, 4.69) is 10.1 Å². The second kappa shape index (κ2) is 11.4. The molecule has 2 amide bonds. The molecule has 2 heterocycles. The number of carbonyl (C=O) groups excluding carboxylic acids is 2. The van der Waals surface area contributed by atoms with Crippen molar-refractivity contribution in [1.82, 2.24) is 14.7 Å². The predicted molar refractivity (Wildman–Crippen MR) is 136 cm³/mol. The summed E-state index contributed by atoms with van der Waals surface area (Å²) in [5, 5.41) is 14.1. The standard InChI is InChI=1S/C25H28Cl2N4O4/c1-35-28-20-15-23(25(34)30-10-8-29(9-11-30)12-13-32)31(16-20)24(33)18-4-2-17(3-5-18)19-6-7-21(26)22(27)14-19/h2-7,14,23,32H,8-13,15-16H2,1H3. The van der Waals surface area contributed by atoms with Crippen molar-refractivity contribution in [2.24, 2.45) is 5.16 Å². The lowest BCUT2D eigenvalue weighted by Crippen LogP contribution is -2.54. The molecule has 0 aliphatic carbocycles. The molecule has 4 rings (SSSR count). The van der Waals surface area contributed by atoms with Crippen LogP contribution in [-0.4, -0.2) is 96.4 Å². The summed E-state index contributed by atoms with van der Waals surface area (Å²) in [6, 6.07) is 12.0. The second-order valence-corrected chi connectivity index (χ2v) is 9.40. The zero-order chi connectivity index (χ0) is 24.9. The van der Waals surface area contributed by atoms with Gasteiger partial charge in [-0.3, -0.25) is 14.5 Å². The summed E-state index contributed by atoms with van der Waals surface area (Å²) in [6.45, 7) is 3.45. The highest BCUT2D eigenvalue weighted by atomic mass is 35.5. The van der Waals surface area contributed by atoms with E-state index in [4.69, 9.17) is 33.1 Å². The first kappa shape index (κ1) is 25.4. The lowest BCUT2D eigenvalue weighted by Gasteiger charge is -2.37. The summed E-state index contributed by atoms with van der Waals surface area (Å²) in [6.07, 6.45) is 0.344. The van der Waals surface area contributed by atoms with Crippen LogP contribution in [0.5, 0.6) is 0 Å². The van der Waals surface area contributed by atoms with E-state index >= 15 is 0 Å². The van der Waals surface area contributed by atoms with Crippen LogP contribution < -0.4 is 0 Å². The molecule has 0 aromatic heterocycles. The minimum absolute atomic E-state index is 0.0873.